The van der Waals surface area contributed by atoms with Crippen molar-refractivity contribution in [2.75, 3.05) is 0 Å². The average Bonchev–Trinajstić information content (AvgIpc) is 2.76. The van der Waals surface area contributed by atoms with E-state index in [0.29, 0.717) is 5.69 Å². The highest BCUT2D eigenvalue weighted by molar-refractivity contribution is 9.10. The summed E-state index contributed by atoms with van der Waals surface area (Å²) >= 11 is 3.46. The Balaban J connectivity index is 2.10. The fraction of sp³-hybridized carbons (Fsp3) is 0.231. The quantitative estimate of drug-likeness (QED) is 0.947. The first-order valence-corrected chi connectivity index (χ1v) is 6.36. The van der Waals surface area contributed by atoms with Gasteiger partial charge in [0.05, 0.1) is 11.7 Å². The second-order valence-corrected chi connectivity index (χ2v) is 4.90. The Morgan fingerprint density at radius 1 is 1.44 bits per heavy atom. The van der Waals surface area contributed by atoms with Crippen molar-refractivity contribution in [1.29, 1.82) is 0 Å². The molecule has 18 heavy (non-hydrogen) atoms. The van der Waals surface area contributed by atoms with Crippen LogP contribution in [0, 0.1) is 6.92 Å². The van der Waals surface area contributed by atoms with Gasteiger partial charge in [0, 0.05) is 10.5 Å². The topological polar surface area (TPSA) is 55.1 Å². The highest BCUT2D eigenvalue weighted by atomic mass is 79.9. The summed E-state index contributed by atoms with van der Waals surface area (Å²) in [5.74, 6) is -0.0368. The highest BCUT2D eigenvalue weighted by Gasteiger charge is 2.16. The van der Waals surface area contributed by atoms with Crippen LogP contribution in [0.25, 0.3) is 0 Å². The molecule has 0 bridgehead atoms. The van der Waals surface area contributed by atoms with E-state index >= 15 is 0 Å². The minimum Gasteiger partial charge on any atom is -0.351 e. The lowest BCUT2D eigenvalue weighted by Gasteiger charge is -2.14. The zero-order valence-electron chi connectivity index (χ0n) is 10.1. The number of carbonyl (C=O) groups is 1. The van der Waals surface area contributed by atoms with Gasteiger partial charge in [-0.1, -0.05) is 39.3 Å². The number of nitrogens with one attached hydrogen (secondary N) is 1. The number of rotatable bonds is 3. The average molecular weight is 309 g/mol. The largest absolute Gasteiger partial charge is 0.351 e. The molecule has 1 atom stereocenters. The molecule has 4 nitrogen and oxygen atoms in total. The molecule has 0 saturated heterocycles. The lowest BCUT2D eigenvalue weighted by molar-refractivity contribution is 0.0902. The lowest BCUT2D eigenvalue weighted by Crippen LogP contribution is -2.26. The van der Waals surface area contributed by atoms with Crippen molar-refractivity contribution in [3.05, 3.63) is 51.8 Å². The molecule has 94 valence electrons. The van der Waals surface area contributed by atoms with Crippen molar-refractivity contribution in [3.63, 3.8) is 0 Å². The molecule has 0 aliphatic heterocycles. The maximum Gasteiger partial charge on any atom is 0.290 e. The van der Waals surface area contributed by atoms with E-state index in [4.69, 9.17) is 4.52 Å². The Labute approximate surface area is 113 Å². The molecule has 1 heterocycles. The van der Waals surface area contributed by atoms with E-state index in [2.05, 4.69) is 26.4 Å². The van der Waals surface area contributed by atoms with Crippen LogP contribution in [0.15, 0.2) is 39.3 Å². The van der Waals surface area contributed by atoms with Crippen LogP contribution in [-0.2, 0) is 0 Å². The second-order valence-electron chi connectivity index (χ2n) is 4.05. The van der Waals surface area contributed by atoms with E-state index in [-0.39, 0.29) is 17.7 Å². The Hall–Kier alpha value is -1.62. The van der Waals surface area contributed by atoms with Crippen LogP contribution < -0.4 is 5.32 Å². The fourth-order valence-corrected chi connectivity index (χ4v) is 2.27. The third-order valence-electron chi connectivity index (χ3n) is 2.57. The van der Waals surface area contributed by atoms with Crippen molar-refractivity contribution in [3.8, 4) is 0 Å². The van der Waals surface area contributed by atoms with Crippen molar-refractivity contribution >= 4 is 21.8 Å². The standard InChI is InChI=1S/C13H13BrN2O2/c1-8-7-12(18-16-8)13(17)15-9(2)10-5-3-4-6-11(10)14/h3-7,9H,1-2H3,(H,15,17)/t9-/m1/s1. The maximum absolute atomic E-state index is 11.9. The maximum atomic E-state index is 11.9. The molecule has 2 aromatic rings. The van der Waals surface area contributed by atoms with Crippen LogP contribution in [0.1, 0.15) is 34.8 Å². The van der Waals surface area contributed by atoms with Crippen LogP contribution in [0.5, 0.6) is 0 Å². The lowest BCUT2D eigenvalue weighted by atomic mass is 10.1. The van der Waals surface area contributed by atoms with Gasteiger partial charge >= 0.3 is 0 Å². The summed E-state index contributed by atoms with van der Waals surface area (Å²) in [6, 6.07) is 9.27. The summed E-state index contributed by atoms with van der Waals surface area (Å²) in [4.78, 5) is 11.9. The molecule has 5 heteroatoms. The summed E-state index contributed by atoms with van der Waals surface area (Å²) < 4.78 is 5.88. The number of amides is 1. The smallest absolute Gasteiger partial charge is 0.290 e. The van der Waals surface area contributed by atoms with Gasteiger partial charge in [0.2, 0.25) is 5.76 Å². The predicted octanol–water partition coefficient (Wildman–Crippen LogP) is 3.24. The number of carbonyl (C=O) groups excluding carboxylic acids is 1. The normalized spacial score (nSPS) is 12.2. The highest BCUT2D eigenvalue weighted by Crippen LogP contribution is 2.22. The number of aryl methyl sites for hydroxylation is 1. The summed E-state index contributed by atoms with van der Waals surface area (Å²) in [7, 11) is 0. The van der Waals surface area contributed by atoms with E-state index in [0.717, 1.165) is 10.0 Å². The van der Waals surface area contributed by atoms with E-state index in [9.17, 15) is 4.79 Å². The number of halogens is 1. The zero-order valence-corrected chi connectivity index (χ0v) is 11.7. The number of aromatic nitrogens is 1. The molecular weight excluding hydrogens is 296 g/mol. The minimum absolute atomic E-state index is 0.113. The molecule has 1 aromatic heterocycles. The molecule has 0 unspecified atom stereocenters. The predicted molar refractivity (Wildman–Crippen MR) is 71.3 cm³/mol. The molecule has 1 aromatic carbocycles. The number of benzene rings is 1. The summed E-state index contributed by atoms with van der Waals surface area (Å²) in [6.07, 6.45) is 0. The Morgan fingerprint density at radius 2 is 2.17 bits per heavy atom. The van der Waals surface area contributed by atoms with Crippen molar-refractivity contribution in [2.45, 2.75) is 19.9 Å². The molecule has 0 radical (unpaired) electrons. The second kappa shape index (κ2) is 5.35. The monoisotopic (exact) mass is 308 g/mol. The first-order chi connectivity index (χ1) is 8.58. The third kappa shape index (κ3) is 2.79. The van der Waals surface area contributed by atoms with Crippen LogP contribution in [-0.4, -0.2) is 11.1 Å². The van der Waals surface area contributed by atoms with E-state index < -0.39 is 0 Å². The third-order valence-corrected chi connectivity index (χ3v) is 3.29. The molecule has 2 rings (SSSR count). The molecule has 0 spiro atoms. The van der Waals surface area contributed by atoms with Gasteiger partial charge < -0.3 is 9.84 Å². The fourth-order valence-electron chi connectivity index (χ4n) is 1.64. The minimum atomic E-state index is -0.265. The van der Waals surface area contributed by atoms with Crippen LogP contribution in [0.3, 0.4) is 0 Å². The Bertz CT molecular complexity index is 566. The molecule has 1 amide bonds. The number of hydrogen-bond donors (Lipinski definition) is 1. The van der Waals surface area contributed by atoms with Gasteiger partial charge in [-0.25, -0.2) is 0 Å². The molecule has 0 saturated carbocycles. The first-order valence-electron chi connectivity index (χ1n) is 5.56. The van der Waals surface area contributed by atoms with Gasteiger partial charge in [-0.15, -0.1) is 0 Å². The molecular formula is C13H13BrN2O2. The number of hydrogen-bond acceptors (Lipinski definition) is 3. The zero-order chi connectivity index (χ0) is 13.1. The Kier molecular flexibility index (Phi) is 3.81. The summed E-state index contributed by atoms with van der Waals surface area (Å²) in [5, 5.41) is 6.55. The first kappa shape index (κ1) is 12.8. The molecule has 0 aliphatic rings. The SMILES string of the molecule is Cc1cc(C(=O)N[C@H](C)c2ccccc2Br)on1. The van der Waals surface area contributed by atoms with Crippen LogP contribution >= 0.6 is 15.9 Å². The summed E-state index contributed by atoms with van der Waals surface area (Å²) in [6.45, 7) is 3.69. The van der Waals surface area contributed by atoms with E-state index in [1.54, 1.807) is 13.0 Å². The van der Waals surface area contributed by atoms with Gasteiger partial charge in [-0.3, -0.25) is 4.79 Å². The van der Waals surface area contributed by atoms with Gasteiger partial charge in [0.1, 0.15) is 0 Å². The number of nitrogens with zero attached hydrogens (tertiary/aromatic N) is 1. The van der Waals surface area contributed by atoms with E-state index in [1.165, 1.54) is 0 Å². The van der Waals surface area contributed by atoms with Gasteiger partial charge in [0.15, 0.2) is 0 Å². The molecule has 0 fully saturated rings. The van der Waals surface area contributed by atoms with Crippen molar-refractivity contribution in [1.82, 2.24) is 10.5 Å². The van der Waals surface area contributed by atoms with Gasteiger partial charge in [-0.05, 0) is 25.5 Å². The van der Waals surface area contributed by atoms with Gasteiger partial charge in [-0.2, -0.15) is 0 Å². The van der Waals surface area contributed by atoms with Crippen molar-refractivity contribution < 1.29 is 9.32 Å². The molecule has 1 N–H and O–H groups in total. The van der Waals surface area contributed by atoms with Gasteiger partial charge in [0.25, 0.3) is 5.91 Å². The summed E-state index contributed by atoms with van der Waals surface area (Å²) in [5.41, 5.74) is 1.70. The Morgan fingerprint density at radius 3 is 2.78 bits per heavy atom. The molecule has 0 aliphatic carbocycles. The van der Waals surface area contributed by atoms with Crippen LogP contribution in [0.2, 0.25) is 0 Å². The van der Waals surface area contributed by atoms with Crippen molar-refractivity contribution in [2.24, 2.45) is 0 Å². The van der Waals surface area contributed by atoms with E-state index in [1.807, 2.05) is 31.2 Å². The van der Waals surface area contributed by atoms with Crippen LogP contribution in [0.4, 0.5) is 0 Å².